The summed E-state index contributed by atoms with van der Waals surface area (Å²) >= 11 is 9.50. The summed E-state index contributed by atoms with van der Waals surface area (Å²) in [6.07, 6.45) is 0.907. The van der Waals surface area contributed by atoms with Crippen LogP contribution in [-0.2, 0) is 0 Å². The highest BCUT2D eigenvalue weighted by Gasteiger charge is 2.11. The molecule has 2 rings (SSSR count). The number of halogens is 3. The molecular weight excluding hydrogens is 329 g/mol. The molecule has 0 aliphatic rings. The van der Waals surface area contributed by atoms with Crippen LogP contribution in [0.5, 0.6) is 0 Å². The topological polar surface area (TPSA) is 12.0 Å². The lowest BCUT2D eigenvalue weighted by molar-refractivity contribution is 0.628. The third-order valence-electron chi connectivity index (χ3n) is 2.92. The Morgan fingerprint density at radius 1 is 1.26 bits per heavy atom. The first-order valence-corrected chi connectivity index (χ1v) is 7.24. The van der Waals surface area contributed by atoms with Gasteiger partial charge >= 0.3 is 0 Å². The van der Waals surface area contributed by atoms with Crippen molar-refractivity contribution in [2.75, 3.05) is 5.32 Å². The largest absolute Gasteiger partial charge is 0.377 e. The maximum atomic E-state index is 13.0. The molecule has 100 valence electrons. The third-order valence-corrected chi connectivity index (χ3v) is 3.73. The summed E-state index contributed by atoms with van der Waals surface area (Å²) < 4.78 is 14.1. The van der Waals surface area contributed by atoms with Gasteiger partial charge in [0, 0.05) is 4.47 Å². The number of anilines is 1. The molecule has 2 aromatic rings. The smallest absolute Gasteiger partial charge is 0.124 e. The molecule has 1 atom stereocenters. The van der Waals surface area contributed by atoms with Crippen LogP contribution in [0, 0.1) is 5.82 Å². The van der Waals surface area contributed by atoms with Crippen molar-refractivity contribution in [2.24, 2.45) is 0 Å². The first-order chi connectivity index (χ1) is 9.10. The van der Waals surface area contributed by atoms with E-state index in [1.54, 1.807) is 6.07 Å². The summed E-state index contributed by atoms with van der Waals surface area (Å²) in [6, 6.07) is 12.6. The predicted octanol–water partition coefficient (Wildman–Crippen LogP) is 5.80. The summed E-state index contributed by atoms with van der Waals surface area (Å²) in [7, 11) is 0. The van der Waals surface area contributed by atoms with Gasteiger partial charge in [0.25, 0.3) is 0 Å². The number of rotatable bonds is 4. The average molecular weight is 343 g/mol. The molecular formula is C15H14BrClFN. The van der Waals surface area contributed by atoms with E-state index in [9.17, 15) is 4.39 Å². The maximum Gasteiger partial charge on any atom is 0.124 e. The second-order valence-corrected chi connectivity index (χ2v) is 5.61. The van der Waals surface area contributed by atoms with Crippen molar-refractivity contribution >= 4 is 33.2 Å². The maximum absolute atomic E-state index is 13.0. The molecule has 1 unspecified atom stereocenters. The van der Waals surface area contributed by atoms with E-state index in [2.05, 4.69) is 40.3 Å². The fourth-order valence-corrected chi connectivity index (χ4v) is 2.58. The molecule has 0 spiro atoms. The number of hydrogen-bond donors (Lipinski definition) is 1. The van der Waals surface area contributed by atoms with Gasteiger partial charge in [0.2, 0.25) is 0 Å². The molecule has 0 bridgehead atoms. The highest BCUT2D eigenvalue weighted by Crippen LogP contribution is 2.29. The van der Waals surface area contributed by atoms with Crippen LogP contribution in [-0.4, -0.2) is 0 Å². The summed E-state index contributed by atoms with van der Waals surface area (Å²) in [5.41, 5.74) is 1.91. The fraction of sp³-hybridized carbons (Fsp3) is 0.200. The summed E-state index contributed by atoms with van der Waals surface area (Å²) in [5.74, 6) is -0.328. The number of benzene rings is 2. The van der Waals surface area contributed by atoms with Crippen LogP contribution in [0.2, 0.25) is 5.02 Å². The van der Waals surface area contributed by atoms with Gasteiger partial charge in [0.05, 0.1) is 16.8 Å². The van der Waals surface area contributed by atoms with E-state index in [4.69, 9.17) is 11.6 Å². The Labute approximate surface area is 125 Å². The van der Waals surface area contributed by atoms with Crippen LogP contribution in [0.4, 0.5) is 10.1 Å². The molecule has 1 nitrogen and oxygen atoms in total. The normalized spacial score (nSPS) is 12.2. The van der Waals surface area contributed by atoms with Crippen LogP contribution in [0.1, 0.15) is 24.9 Å². The van der Waals surface area contributed by atoms with Crippen LogP contribution < -0.4 is 5.32 Å². The SMILES string of the molecule is CCC(Nc1ccc(F)cc1Cl)c1cccc(Br)c1. The Morgan fingerprint density at radius 2 is 2.05 bits per heavy atom. The van der Waals surface area contributed by atoms with Crippen LogP contribution in [0.25, 0.3) is 0 Å². The lowest BCUT2D eigenvalue weighted by Crippen LogP contribution is -2.10. The standard InChI is InChI=1S/C15H14BrClFN/c1-2-14(10-4-3-5-11(16)8-10)19-15-7-6-12(18)9-13(15)17/h3-9,14,19H,2H2,1H3. The molecule has 2 aromatic carbocycles. The second kappa shape index (κ2) is 6.40. The van der Waals surface area contributed by atoms with Gasteiger partial charge in [-0.1, -0.05) is 46.6 Å². The Bertz CT molecular complexity index is 574. The zero-order valence-corrected chi connectivity index (χ0v) is 12.8. The lowest BCUT2D eigenvalue weighted by atomic mass is 10.0. The highest BCUT2D eigenvalue weighted by atomic mass is 79.9. The zero-order valence-electron chi connectivity index (χ0n) is 10.5. The van der Waals surface area contributed by atoms with E-state index in [0.717, 1.165) is 22.1 Å². The van der Waals surface area contributed by atoms with E-state index in [-0.39, 0.29) is 11.9 Å². The van der Waals surface area contributed by atoms with E-state index >= 15 is 0 Å². The Balaban J connectivity index is 2.24. The first-order valence-electron chi connectivity index (χ1n) is 6.07. The second-order valence-electron chi connectivity index (χ2n) is 4.28. The van der Waals surface area contributed by atoms with E-state index in [0.29, 0.717) is 5.02 Å². The summed E-state index contributed by atoms with van der Waals surface area (Å²) in [6.45, 7) is 2.09. The van der Waals surface area contributed by atoms with Gasteiger partial charge in [-0.05, 0) is 42.3 Å². The molecule has 0 amide bonds. The molecule has 0 aliphatic carbocycles. The Kier molecular flexibility index (Phi) is 4.83. The lowest BCUT2D eigenvalue weighted by Gasteiger charge is -2.20. The zero-order chi connectivity index (χ0) is 13.8. The molecule has 1 N–H and O–H groups in total. The van der Waals surface area contributed by atoms with E-state index < -0.39 is 0 Å². The quantitative estimate of drug-likeness (QED) is 0.740. The van der Waals surface area contributed by atoms with Crippen molar-refractivity contribution < 1.29 is 4.39 Å². The van der Waals surface area contributed by atoms with Crippen molar-refractivity contribution in [2.45, 2.75) is 19.4 Å². The summed E-state index contributed by atoms with van der Waals surface area (Å²) in [5, 5.41) is 3.74. The van der Waals surface area contributed by atoms with E-state index in [1.165, 1.54) is 12.1 Å². The number of hydrogen-bond acceptors (Lipinski definition) is 1. The minimum Gasteiger partial charge on any atom is -0.377 e. The minimum atomic E-state index is -0.328. The fourth-order valence-electron chi connectivity index (χ4n) is 1.94. The Hall–Kier alpha value is -1.06. The van der Waals surface area contributed by atoms with Crippen molar-refractivity contribution in [3.05, 3.63) is 63.3 Å². The molecule has 0 aromatic heterocycles. The van der Waals surface area contributed by atoms with Crippen molar-refractivity contribution in [3.8, 4) is 0 Å². The molecule has 4 heteroatoms. The van der Waals surface area contributed by atoms with Gasteiger partial charge in [0.15, 0.2) is 0 Å². The van der Waals surface area contributed by atoms with Gasteiger partial charge in [0.1, 0.15) is 5.82 Å². The van der Waals surface area contributed by atoms with Crippen molar-refractivity contribution in [1.29, 1.82) is 0 Å². The molecule has 0 aliphatic heterocycles. The summed E-state index contributed by atoms with van der Waals surface area (Å²) in [4.78, 5) is 0. The Morgan fingerprint density at radius 3 is 2.68 bits per heavy atom. The van der Waals surface area contributed by atoms with Crippen LogP contribution >= 0.6 is 27.5 Å². The van der Waals surface area contributed by atoms with E-state index in [1.807, 2.05) is 12.1 Å². The highest BCUT2D eigenvalue weighted by molar-refractivity contribution is 9.10. The predicted molar refractivity (Wildman–Crippen MR) is 82.2 cm³/mol. The van der Waals surface area contributed by atoms with Gasteiger partial charge in [-0.3, -0.25) is 0 Å². The molecule has 0 saturated carbocycles. The van der Waals surface area contributed by atoms with Gasteiger partial charge < -0.3 is 5.32 Å². The van der Waals surface area contributed by atoms with Crippen LogP contribution in [0.3, 0.4) is 0 Å². The third kappa shape index (κ3) is 3.71. The molecule has 0 heterocycles. The van der Waals surface area contributed by atoms with Gasteiger partial charge in [-0.15, -0.1) is 0 Å². The monoisotopic (exact) mass is 341 g/mol. The molecule has 0 fully saturated rings. The number of nitrogens with one attached hydrogen (secondary N) is 1. The average Bonchev–Trinajstić information content (AvgIpc) is 2.38. The molecule has 0 radical (unpaired) electrons. The first kappa shape index (κ1) is 14.4. The van der Waals surface area contributed by atoms with Crippen molar-refractivity contribution in [3.63, 3.8) is 0 Å². The molecule has 0 saturated heterocycles. The van der Waals surface area contributed by atoms with Gasteiger partial charge in [-0.2, -0.15) is 0 Å². The minimum absolute atomic E-state index is 0.139. The van der Waals surface area contributed by atoms with Crippen molar-refractivity contribution in [1.82, 2.24) is 0 Å². The van der Waals surface area contributed by atoms with Gasteiger partial charge in [-0.25, -0.2) is 4.39 Å². The molecule has 19 heavy (non-hydrogen) atoms. The van der Waals surface area contributed by atoms with Crippen LogP contribution in [0.15, 0.2) is 46.9 Å².